The minimum Gasteiger partial charge on any atom is -0.387 e. The van der Waals surface area contributed by atoms with Gasteiger partial charge in [0.05, 0.1) is 6.10 Å². The van der Waals surface area contributed by atoms with E-state index in [-0.39, 0.29) is 0 Å². The van der Waals surface area contributed by atoms with Gasteiger partial charge in [-0.2, -0.15) is 0 Å². The predicted molar refractivity (Wildman–Crippen MR) is 80.6 cm³/mol. The number of nitrogens with one attached hydrogen (secondary N) is 1. The molecule has 2 N–H and O–H groups in total. The van der Waals surface area contributed by atoms with Gasteiger partial charge >= 0.3 is 0 Å². The van der Waals surface area contributed by atoms with Crippen LogP contribution >= 0.6 is 11.6 Å². The molecule has 1 atom stereocenters. The average molecular weight is 282 g/mol. The van der Waals surface area contributed by atoms with E-state index in [0.29, 0.717) is 12.6 Å². The van der Waals surface area contributed by atoms with E-state index in [1.807, 2.05) is 25.1 Å². The highest BCUT2D eigenvalue weighted by Gasteiger charge is 2.14. The Kier molecular flexibility index (Phi) is 5.68. The lowest BCUT2D eigenvalue weighted by molar-refractivity contribution is 0.168. The Morgan fingerprint density at radius 1 is 1.26 bits per heavy atom. The van der Waals surface area contributed by atoms with Crippen LogP contribution in [-0.4, -0.2) is 17.7 Å². The van der Waals surface area contributed by atoms with Crippen LogP contribution in [0.15, 0.2) is 18.2 Å². The van der Waals surface area contributed by atoms with Crippen LogP contribution in [0.5, 0.6) is 0 Å². The average Bonchev–Trinajstić information content (AvgIpc) is 2.67. The van der Waals surface area contributed by atoms with Crippen LogP contribution in [0, 0.1) is 6.92 Å². The van der Waals surface area contributed by atoms with Crippen molar-refractivity contribution in [1.29, 1.82) is 0 Å². The summed E-state index contributed by atoms with van der Waals surface area (Å²) >= 11 is 6.01. The van der Waals surface area contributed by atoms with Crippen molar-refractivity contribution in [3.8, 4) is 0 Å². The van der Waals surface area contributed by atoms with Crippen LogP contribution in [0.3, 0.4) is 0 Å². The second-order valence-electron chi connectivity index (χ2n) is 5.62. The lowest BCUT2D eigenvalue weighted by Crippen LogP contribution is -2.32. The van der Waals surface area contributed by atoms with Gasteiger partial charge in [0.1, 0.15) is 0 Å². The molecule has 2 rings (SSSR count). The van der Waals surface area contributed by atoms with Crippen molar-refractivity contribution in [1.82, 2.24) is 5.32 Å². The molecule has 0 aromatic heterocycles. The number of aryl methyl sites for hydroxylation is 1. The van der Waals surface area contributed by atoms with E-state index in [9.17, 15) is 5.11 Å². The van der Waals surface area contributed by atoms with Gasteiger partial charge in [-0.05, 0) is 37.0 Å². The van der Waals surface area contributed by atoms with Crippen LogP contribution < -0.4 is 5.32 Å². The molecule has 1 unspecified atom stereocenters. The molecule has 1 aromatic carbocycles. The van der Waals surface area contributed by atoms with Crippen molar-refractivity contribution >= 4 is 11.6 Å². The van der Waals surface area contributed by atoms with Gasteiger partial charge in [-0.25, -0.2) is 0 Å². The number of hydrogen-bond acceptors (Lipinski definition) is 2. The minimum atomic E-state index is -0.445. The normalized spacial score (nSPS) is 19.1. The molecule has 0 heterocycles. The molecule has 1 aliphatic carbocycles. The smallest absolute Gasteiger partial charge is 0.0914 e. The summed E-state index contributed by atoms with van der Waals surface area (Å²) in [6, 6.07) is 6.32. The molecular weight excluding hydrogens is 258 g/mol. The van der Waals surface area contributed by atoms with Gasteiger partial charge < -0.3 is 10.4 Å². The zero-order valence-corrected chi connectivity index (χ0v) is 12.4. The van der Waals surface area contributed by atoms with Gasteiger partial charge in [0.25, 0.3) is 0 Å². The standard InChI is InChI=1S/C16H24ClNO/c1-12-10-13(8-9-15(12)17)16(19)11-18-14-6-4-2-3-5-7-14/h8-10,14,16,18-19H,2-7,11H2,1H3. The Morgan fingerprint density at radius 2 is 1.95 bits per heavy atom. The summed E-state index contributed by atoms with van der Waals surface area (Å²) in [6.45, 7) is 2.60. The van der Waals surface area contributed by atoms with Crippen LogP contribution in [0.4, 0.5) is 0 Å². The fraction of sp³-hybridized carbons (Fsp3) is 0.625. The summed E-state index contributed by atoms with van der Waals surface area (Å²) in [4.78, 5) is 0. The van der Waals surface area contributed by atoms with Crippen LogP contribution in [-0.2, 0) is 0 Å². The molecule has 19 heavy (non-hydrogen) atoms. The van der Waals surface area contributed by atoms with Crippen molar-refractivity contribution < 1.29 is 5.11 Å². The third-order valence-electron chi connectivity index (χ3n) is 4.02. The second kappa shape index (κ2) is 7.28. The number of hydrogen-bond donors (Lipinski definition) is 2. The van der Waals surface area contributed by atoms with E-state index in [2.05, 4.69) is 5.32 Å². The summed E-state index contributed by atoms with van der Waals surface area (Å²) in [5, 5.41) is 14.5. The second-order valence-corrected chi connectivity index (χ2v) is 6.03. The Labute approximate surface area is 121 Å². The topological polar surface area (TPSA) is 32.3 Å². The van der Waals surface area contributed by atoms with E-state index < -0.39 is 6.10 Å². The van der Waals surface area contributed by atoms with Gasteiger partial charge in [-0.1, -0.05) is 49.4 Å². The van der Waals surface area contributed by atoms with E-state index in [0.717, 1.165) is 16.1 Å². The Hall–Kier alpha value is -0.570. The van der Waals surface area contributed by atoms with Crippen molar-refractivity contribution in [2.75, 3.05) is 6.54 Å². The first kappa shape index (κ1) is 14.8. The number of aliphatic hydroxyl groups is 1. The van der Waals surface area contributed by atoms with E-state index >= 15 is 0 Å². The lowest BCUT2D eigenvalue weighted by atomic mass is 10.0. The fourth-order valence-electron chi connectivity index (χ4n) is 2.75. The van der Waals surface area contributed by atoms with Gasteiger partial charge in [0, 0.05) is 17.6 Å². The molecule has 0 radical (unpaired) electrons. The van der Waals surface area contributed by atoms with E-state index in [4.69, 9.17) is 11.6 Å². The van der Waals surface area contributed by atoms with Crippen LogP contribution in [0.1, 0.15) is 55.8 Å². The summed E-state index contributed by atoms with van der Waals surface area (Å²) in [5.41, 5.74) is 1.97. The van der Waals surface area contributed by atoms with Gasteiger partial charge in [-0.3, -0.25) is 0 Å². The molecule has 1 aliphatic rings. The molecule has 0 amide bonds. The van der Waals surface area contributed by atoms with Crippen LogP contribution in [0.2, 0.25) is 5.02 Å². The van der Waals surface area contributed by atoms with Gasteiger partial charge in [0.2, 0.25) is 0 Å². The first-order chi connectivity index (χ1) is 9.16. The van der Waals surface area contributed by atoms with E-state index in [1.54, 1.807) is 0 Å². The zero-order valence-electron chi connectivity index (χ0n) is 11.7. The quantitative estimate of drug-likeness (QED) is 0.818. The first-order valence-electron chi connectivity index (χ1n) is 7.34. The molecule has 0 bridgehead atoms. The highest BCUT2D eigenvalue weighted by atomic mass is 35.5. The maximum Gasteiger partial charge on any atom is 0.0914 e. The van der Waals surface area contributed by atoms with Gasteiger partial charge in [0.15, 0.2) is 0 Å². The molecule has 2 nitrogen and oxygen atoms in total. The molecule has 0 spiro atoms. The number of halogens is 1. The molecule has 1 aromatic rings. The summed E-state index contributed by atoms with van der Waals surface area (Å²) < 4.78 is 0. The van der Waals surface area contributed by atoms with Crippen molar-refractivity contribution in [3.05, 3.63) is 34.3 Å². The zero-order chi connectivity index (χ0) is 13.7. The van der Waals surface area contributed by atoms with Crippen LogP contribution in [0.25, 0.3) is 0 Å². The molecule has 0 aliphatic heterocycles. The fourth-order valence-corrected chi connectivity index (χ4v) is 2.87. The molecular formula is C16H24ClNO. The summed E-state index contributed by atoms with van der Waals surface area (Å²) in [5.74, 6) is 0. The van der Waals surface area contributed by atoms with Crippen molar-refractivity contribution in [2.24, 2.45) is 0 Å². The molecule has 1 fully saturated rings. The van der Waals surface area contributed by atoms with Crippen molar-refractivity contribution in [3.63, 3.8) is 0 Å². The van der Waals surface area contributed by atoms with Gasteiger partial charge in [-0.15, -0.1) is 0 Å². The third-order valence-corrected chi connectivity index (χ3v) is 4.45. The maximum atomic E-state index is 10.2. The largest absolute Gasteiger partial charge is 0.387 e. The summed E-state index contributed by atoms with van der Waals surface area (Å²) in [7, 11) is 0. The van der Waals surface area contributed by atoms with E-state index in [1.165, 1.54) is 38.5 Å². The molecule has 1 saturated carbocycles. The number of benzene rings is 1. The summed E-state index contributed by atoms with van der Waals surface area (Å²) in [6.07, 6.45) is 7.38. The Balaban J connectivity index is 1.85. The number of aliphatic hydroxyl groups excluding tert-OH is 1. The first-order valence-corrected chi connectivity index (χ1v) is 7.72. The highest BCUT2D eigenvalue weighted by molar-refractivity contribution is 6.31. The number of rotatable bonds is 4. The third kappa shape index (κ3) is 4.48. The molecule has 0 saturated heterocycles. The Morgan fingerprint density at radius 3 is 2.58 bits per heavy atom. The lowest BCUT2D eigenvalue weighted by Gasteiger charge is -2.19. The monoisotopic (exact) mass is 281 g/mol. The molecule has 3 heteroatoms. The van der Waals surface area contributed by atoms with Crippen molar-refractivity contribution in [2.45, 2.75) is 57.6 Å². The SMILES string of the molecule is Cc1cc(C(O)CNC2CCCCCC2)ccc1Cl. The highest BCUT2D eigenvalue weighted by Crippen LogP contribution is 2.21. The predicted octanol–water partition coefficient (Wildman–Crippen LogP) is 3.99. The molecule has 106 valence electrons. The minimum absolute atomic E-state index is 0.445. The Bertz CT molecular complexity index is 400. The maximum absolute atomic E-state index is 10.2.